The molecular formula is C21H30FIN4O. The Morgan fingerprint density at radius 3 is 2.36 bits per heavy atom. The zero-order chi connectivity index (χ0) is 19.6. The third-order valence-corrected chi connectivity index (χ3v) is 4.09. The molecule has 0 aliphatic carbocycles. The molecule has 0 saturated heterocycles. The lowest BCUT2D eigenvalue weighted by Crippen LogP contribution is -2.36. The number of halogens is 2. The SMILES string of the molecule is CN=C(NCc1cccc(OCCN(C)C)c1)NCc1ccc(C)c(F)c1.I. The standard InChI is InChI=1S/C21H29FN4O.HI/c1-16-8-9-18(13-20(16)22)15-25-21(23-2)24-14-17-6-5-7-19(12-17)27-11-10-26(3)4;/h5-9,12-13H,10-11,14-15H2,1-4H3,(H2,23,24,25);1H. The van der Waals surface area contributed by atoms with Crippen LogP contribution < -0.4 is 15.4 Å². The maximum absolute atomic E-state index is 13.6. The van der Waals surface area contributed by atoms with Crippen molar-refractivity contribution < 1.29 is 9.13 Å². The molecule has 0 aliphatic heterocycles. The van der Waals surface area contributed by atoms with Crippen molar-refractivity contribution in [3.63, 3.8) is 0 Å². The van der Waals surface area contributed by atoms with Gasteiger partial charge >= 0.3 is 0 Å². The molecule has 0 spiro atoms. The lowest BCUT2D eigenvalue weighted by atomic mass is 10.1. The predicted molar refractivity (Wildman–Crippen MR) is 124 cm³/mol. The monoisotopic (exact) mass is 500 g/mol. The minimum Gasteiger partial charge on any atom is -0.492 e. The first-order valence-electron chi connectivity index (χ1n) is 9.04. The Morgan fingerprint density at radius 1 is 1.07 bits per heavy atom. The van der Waals surface area contributed by atoms with Crippen LogP contribution in [-0.4, -0.2) is 45.2 Å². The molecule has 2 rings (SSSR count). The van der Waals surface area contributed by atoms with Crippen molar-refractivity contribution in [1.29, 1.82) is 0 Å². The van der Waals surface area contributed by atoms with Gasteiger partial charge in [-0.05, 0) is 55.9 Å². The molecule has 5 nitrogen and oxygen atoms in total. The quantitative estimate of drug-likeness (QED) is 0.331. The summed E-state index contributed by atoms with van der Waals surface area (Å²) >= 11 is 0. The van der Waals surface area contributed by atoms with Crippen LogP contribution in [0.25, 0.3) is 0 Å². The first-order chi connectivity index (χ1) is 13.0. The van der Waals surface area contributed by atoms with Gasteiger partial charge in [0.15, 0.2) is 5.96 Å². The van der Waals surface area contributed by atoms with E-state index in [0.717, 1.165) is 23.4 Å². The van der Waals surface area contributed by atoms with Gasteiger partial charge in [0.05, 0.1) is 0 Å². The fraction of sp³-hybridized carbons (Fsp3) is 0.381. The van der Waals surface area contributed by atoms with Gasteiger partial charge in [-0.3, -0.25) is 4.99 Å². The van der Waals surface area contributed by atoms with E-state index in [2.05, 4.69) is 20.5 Å². The highest BCUT2D eigenvalue weighted by Gasteiger charge is 2.03. The Morgan fingerprint density at radius 2 is 1.75 bits per heavy atom. The summed E-state index contributed by atoms with van der Waals surface area (Å²) in [6.45, 7) is 4.40. The molecule has 0 radical (unpaired) electrons. The van der Waals surface area contributed by atoms with Gasteiger partial charge in [0.2, 0.25) is 0 Å². The highest BCUT2D eigenvalue weighted by molar-refractivity contribution is 14.0. The van der Waals surface area contributed by atoms with Crippen LogP contribution >= 0.6 is 24.0 Å². The van der Waals surface area contributed by atoms with Crippen molar-refractivity contribution >= 4 is 29.9 Å². The Balaban J connectivity index is 0.00000392. The van der Waals surface area contributed by atoms with Gasteiger partial charge in [-0.25, -0.2) is 4.39 Å². The van der Waals surface area contributed by atoms with Crippen molar-refractivity contribution in [3.05, 3.63) is 65.0 Å². The van der Waals surface area contributed by atoms with Crippen molar-refractivity contribution in [1.82, 2.24) is 15.5 Å². The summed E-state index contributed by atoms with van der Waals surface area (Å²) in [6, 6.07) is 13.2. The molecular weight excluding hydrogens is 470 g/mol. The van der Waals surface area contributed by atoms with Crippen LogP contribution in [0.4, 0.5) is 4.39 Å². The van der Waals surface area contributed by atoms with E-state index in [1.54, 1.807) is 26.1 Å². The van der Waals surface area contributed by atoms with Crippen LogP contribution in [0.1, 0.15) is 16.7 Å². The summed E-state index contributed by atoms with van der Waals surface area (Å²) < 4.78 is 19.4. The van der Waals surface area contributed by atoms with Gasteiger partial charge in [0, 0.05) is 26.7 Å². The van der Waals surface area contributed by atoms with Gasteiger partial charge in [0.1, 0.15) is 18.2 Å². The van der Waals surface area contributed by atoms with E-state index in [-0.39, 0.29) is 29.8 Å². The van der Waals surface area contributed by atoms with E-state index in [0.29, 0.717) is 31.2 Å². The van der Waals surface area contributed by atoms with Crippen molar-refractivity contribution in [2.24, 2.45) is 4.99 Å². The van der Waals surface area contributed by atoms with E-state index in [9.17, 15) is 4.39 Å². The fourth-order valence-electron chi connectivity index (χ4n) is 2.43. The van der Waals surface area contributed by atoms with Gasteiger partial charge in [-0.15, -0.1) is 24.0 Å². The topological polar surface area (TPSA) is 48.9 Å². The van der Waals surface area contributed by atoms with Gasteiger partial charge in [-0.1, -0.05) is 24.3 Å². The average Bonchev–Trinajstić information content (AvgIpc) is 2.65. The molecule has 0 saturated carbocycles. The second-order valence-electron chi connectivity index (χ2n) is 6.66. The van der Waals surface area contributed by atoms with E-state index >= 15 is 0 Å². The van der Waals surface area contributed by atoms with Crippen molar-refractivity contribution in [3.8, 4) is 5.75 Å². The number of likely N-dealkylation sites (N-methyl/N-ethyl adjacent to an activating group) is 1. The summed E-state index contributed by atoms with van der Waals surface area (Å²) in [5, 5.41) is 6.46. The zero-order valence-electron chi connectivity index (χ0n) is 17.0. The molecule has 0 bridgehead atoms. The predicted octanol–water partition coefficient (Wildman–Crippen LogP) is 3.56. The largest absolute Gasteiger partial charge is 0.492 e. The maximum Gasteiger partial charge on any atom is 0.191 e. The summed E-state index contributed by atoms with van der Waals surface area (Å²) in [5.41, 5.74) is 2.62. The van der Waals surface area contributed by atoms with E-state index in [4.69, 9.17) is 4.74 Å². The molecule has 2 aromatic carbocycles. The number of hydrogen-bond acceptors (Lipinski definition) is 3. The molecule has 0 fully saturated rings. The molecule has 2 N–H and O–H groups in total. The van der Waals surface area contributed by atoms with Crippen molar-refractivity contribution in [2.45, 2.75) is 20.0 Å². The minimum absolute atomic E-state index is 0. The number of ether oxygens (including phenoxy) is 1. The smallest absolute Gasteiger partial charge is 0.191 e. The number of guanidine groups is 1. The number of nitrogens with one attached hydrogen (secondary N) is 2. The number of benzene rings is 2. The maximum atomic E-state index is 13.6. The molecule has 28 heavy (non-hydrogen) atoms. The van der Waals surface area contributed by atoms with Crippen LogP contribution in [-0.2, 0) is 13.1 Å². The molecule has 0 amide bonds. The second kappa shape index (κ2) is 12.6. The molecule has 2 aromatic rings. The zero-order valence-corrected chi connectivity index (χ0v) is 19.3. The normalized spacial score (nSPS) is 11.1. The summed E-state index contributed by atoms with van der Waals surface area (Å²) in [6.07, 6.45) is 0. The molecule has 0 heterocycles. The van der Waals surface area contributed by atoms with Crippen LogP contribution in [0.2, 0.25) is 0 Å². The number of hydrogen-bond donors (Lipinski definition) is 2. The Hall–Kier alpha value is -1.87. The number of aliphatic imine (C=N–C) groups is 1. The Bertz CT molecular complexity index is 768. The van der Waals surface area contributed by atoms with Gasteiger partial charge in [0.25, 0.3) is 0 Å². The highest BCUT2D eigenvalue weighted by atomic mass is 127. The van der Waals surface area contributed by atoms with Crippen LogP contribution in [0.15, 0.2) is 47.5 Å². The molecule has 0 aromatic heterocycles. The lowest BCUT2D eigenvalue weighted by molar-refractivity contribution is 0.261. The molecule has 154 valence electrons. The molecule has 0 unspecified atom stereocenters. The highest BCUT2D eigenvalue weighted by Crippen LogP contribution is 2.13. The second-order valence-corrected chi connectivity index (χ2v) is 6.66. The molecule has 0 atom stereocenters. The Labute approximate surface area is 184 Å². The lowest BCUT2D eigenvalue weighted by Gasteiger charge is -2.14. The minimum atomic E-state index is -0.191. The molecule has 0 aliphatic rings. The average molecular weight is 500 g/mol. The number of rotatable bonds is 8. The third-order valence-electron chi connectivity index (χ3n) is 4.09. The summed E-state index contributed by atoms with van der Waals surface area (Å²) in [5.74, 6) is 1.33. The number of aryl methyl sites for hydroxylation is 1. The van der Waals surface area contributed by atoms with Crippen LogP contribution in [0, 0.1) is 12.7 Å². The van der Waals surface area contributed by atoms with E-state index < -0.39 is 0 Å². The van der Waals surface area contributed by atoms with Crippen LogP contribution in [0.3, 0.4) is 0 Å². The fourth-order valence-corrected chi connectivity index (χ4v) is 2.43. The molecule has 7 heteroatoms. The summed E-state index contributed by atoms with van der Waals surface area (Å²) in [4.78, 5) is 6.30. The van der Waals surface area contributed by atoms with Crippen molar-refractivity contribution in [2.75, 3.05) is 34.3 Å². The van der Waals surface area contributed by atoms with E-state index in [1.165, 1.54) is 0 Å². The van der Waals surface area contributed by atoms with Gasteiger partial charge in [-0.2, -0.15) is 0 Å². The number of nitrogens with zero attached hydrogens (tertiary/aromatic N) is 2. The van der Waals surface area contributed by atoms with Crippen LogP contribution in [0.5, 0.6) is 5.75 Å². The Kier molecular flexibility index (Phi) is 10.8. The summed E-state index contributed by atoms with van der Waals surface area (Å²) in [7, 11) is 5.76. The first kappa shape index (κ1) is 24.2. The first-order valence-corrected chi connectivity index (χ1v) is 9.04. The van der Waals surface area contributed by atoms with E-state index in [1.807, 2.05) is 44.4 Å². The third kappa shape index (κ3) is 8.43. The van der Waals surface area contributed by atoms with Gasteiger partial charge < -0.3 is 20.3 Å².